The average Bonchev–Trinajstić information content (AvgIpc) is 3.13. The molecule has 0 fully saturated rings. The summed E-state index contributed by atoms with van der Waals surface area (Å²) in [5.74, 6) is -0.0346. The van der Waals surface area contributed by atoms with Crippen molar-refractivity contribution in [3.05, 3.63) is 76.3 Å². The van der Waals surface area contributed by atoms with Gasteiger partial charge in [0, 0.05) is 13.1 Å². The smallest absolute Gasteiger partial charge is 0.273 e. The summed E-state index contributed by atoms with van der Waals surface area (Å²) in [6.07, 6.45) is 0. The van der Waals surface area contributed by atoms with Crippen LogP contribution < -0.4 is 21.1 Å². The molecule has 2 amide bonds. The quantitative estimate of drug-likeness (QED) is 0.569. The number of nitrogens with zero attached hydrogens (tertiary/aromatic N) is 1. The summed E-state index contributed by atoms with van der Waals surface area (Å²) in [6, 6.07) is 16.9. The van der Waals surface area contributed by atoms with E-state index in [1.54, 1.807) is 7.11 Å². The Morgan fingerprint density at radius 2 is 1.57 bits per heavy atom. The summed E-state index contributed by atoms with van der Waals surface area (Å²) in [5.41, 5.74) is 8.02. The lowest BCUT2D eigenvalue weighted by molar-refractivity contribution is 0.0946. The van der Waals surface area contributed by atoms with Gasteiger partial charge >= 0.3 is 0 Å². The zero-order valence-corrected chi connectivity index (χ0v) is 16.1. The number of carbonyl (C=O) groups excluding carboxylic acids is 2. The molecule has 0 saturated carbocycles. The van der Waals surface area contributed by atoms with E-state index >= 15 is 0 Å². The van der Waals surface area contributed by atoms with E-state index in [9.17, 15) is 9.59 Å². The molecule has 0 bridgehead atoms. The number of rotatable bonds is 7. The van der Waals surface area contributed by atoms with Crippen molar-refractivity contribution >= 4 is 29.0 Å². The summed E-state index contributed by atoms with van der Waals surface area (Å²) in [4.78, 5) is 24.9. The highest BCUT2D eigenvalue weighted by Crippen LogP contribution is 2.22. The van der Waals surface area contributed by atoms with Gasteiger partial charge in [-0.15, -0.1) is 0 Å². The maximum absolute atomic E-state index is 12.4. The lowest BCUT2D eigenvalue weighted by atomic mass is 10.2. The first-order valence-electron chi connectivity index (χ1n) is 8.57. The van der Waals surface area contributed by atoms with Crippen LogP contribution in [0.4, 0.5) is 5.69 Å². The Bertz CT molecular complexity index is 955. The minimum Gasteiger partial charge on any atom is -0.497 e. The monoisotopic (exact) mass is 396 g/mol. The Kier molecular flexibility index (Phi) is 6.23. The van der Waals surface area contributed by atoms with Gasteiger partial charge in [0.25, 0.3) is 11.8 Å². The second-order valence-corrected chi connectivity index (χ2v) is 6.75. The molecule has 0 radical (unpaired) electrons. The van der Waals surface area contributed by atoms with Gasteiger partial charge in [-0.1, -0.05) is 42.5 Å². The predicted molar refractivity (Wildman–Crippen MR) is 108 cm³/mol. The minimum absolute atomic E-state index is 0.0653. The predicted octanol–water partition coefficient (Wildman–Crippen LogP) is 2.59. The van der Waals surface area contributed by atoms with Gasteiger partial charge in [-0.05, 0) is 34.8 Å². The highest BCUT2D eigenvalue weighted by atomic mass is 32.1. The number of anilines is 1. The fourth-order valence-corrected chi connectivity index (χ4v) is 3.21. The summed E-state index contributed by atoms with van der Waals surface area (Å²) in [5, 5.41) is 5.54. The van der Waals surface area contributed by atoms with Crippen molar-refractivity contribution in [2.24, 2.45) is 0 Å². The number of nitrogen functional groups attached to an aromatic ring is 1. The van der Waals surface area contributed by atoms with Gasteiger partial charge < -0.3 is 21.1 Å². The van der Waals surface area contributed by atoms with E-state index in [1.807, 2.05) is 54.6 Å². The summed E-state index contributed by atoms with van der Waals surface area (Å²) < 4.78 is 9.16. The number of benzene rings is 2. The lowest BCUT2D eigenvalue weighted by Crippen LogP contribution is -2.25. The van der Waals surface area contributed by atoms with Crippen molar-refractivity contribution in [1.82, 2.24) is 15.0 Å². The molecule has 3 rings (SSSR count). The molecule has 2 aromatic carbocycles. The summed E-state index contributed by atoms with van der Waals surface area (Å²) in [6.45, 7) is 0.686. The molecule has 1 aromatic heterocycles. The number of nitrogens with one attached hydrogen (secondary N) is 2. The molecule has 7 nitrogen and oxygen atoms in total. The van der Waals surface area contributed by atoms with Crippen LogP contribution in [0.15, 0.2) is 54.6 Å². The molecule has 0 unspecified atom stereocenters. The van der Waals surface area contributed by atoms with E-state index in [-0.39, 0.29) is 22.2 Å². The fraction of sp³-hybridized carbons (Fsp3) is 0.150. The average molecular weight is 396 g/mol. The van der Waals surface area contributed by atoms with Gasteiger partial charge in [-0.3, -0.25) is 9.59 Å². The van der Waals surface area contributed by atoms with Crippen molar-refractivity contribution in [2.75, 3.05) is 12.8 Å². The number of hydrogen-bond donors (Lipinski definition) is 3. The van der Waals surface area contributed by atoms with Crippen LogP contribution in [-0.4, -0.2) is 23.3 Å². The van der Waals surface area contributed by atoms with Crippen LogP contribution in [0.2, 0.25) is 0 Å². The standard InChI is InChI=1S/C20H20N4O3S/c1-27-15-9-7-14(8-10-15)12-23-20(26)18-16(21)17(24-28-18)19(25)22-11-13-5-3-2-4-6-13/h2-10H,11-12,21H2,1H3,(H,22,25)(H,23,26). The molecule has 28 heavy (non-hydrogen) atoms. The zero-order valence-electron chi connectivity index (χ0n) is 15.3. The largest absolute Gasteiger partial charge is 0.497 e. The Labute approximate surface area is 166 Å². The normalized spacial score (nSPS) is 10.3. The van der Waals surface area contributed by atoms with Crippen LogP contribution >= 0.6 is 11.5 Å². The van der Waals surface area contributed by atoms with E-state index in [1.165, 1.54) is 0 Å². The zero-order chi connectivity index (χ0) is 19.9. The number of carbonyl (C=O) groups is 2. The van der Waals surface area contributed by atoms with E-state index < -0.39 is 5.91 Å². The van der Waals surface area contributed by atoms with Crippen molar-refractivity contribution in [3.8, 4) is 5.75 Å². The first-order chi connectivity index (χ1) is 13.6. The van der Waals surface area contributed by atoms with Crippen molar-refractivity contribution in [1.29, 1.82) is 0 Å². The van der Waals surface area contributed by atoms with Crippen LogP contribution in [0.1, 0.15) is 31.3 Å². The first kappa shape index (κ1) is 19.4. The third kappa shape index (κ3) is 4.66. The highest BCUT2D eigenvalue weighted by molar-refractivity contribution is 7.09. The van der Waals surface area contributed by atoms with E-state index in [4.69, 9.17) is 10.5 Å². The van der Waals surface area contributed by atoms with Gasteiger partial charge in [0.2, 0.25) is 0 Å². The molecule has 3 aromatic rings. The molecule has 1 heterocycles. The molecule has 144 valence electrons. The second-order valence-electron chi connectivity index (χ2n) is 5.97. The molecule has 0 saturated heterocycles. The second kappa shape index (κ2) is 9.01. The number of methoxy groups -OCH3 is 1. The minimum atomic E-state index is -0.410. The number of nitrogens with two attached hydrogens (primary N) is 1. The van der Waals surface area contributed by atoms with Gasteiger partial charge in [-0.25, -0.2) is 0 Å². The van der Waals surface area contributed by atoms with Crippen LogP contribution in [0, 0.1) is 0 Å². The Morgan fingerprint density at radius 3 is 2.21 bits per heavy atom. The maximum Gasteiger partial charge on any atom is 0.273 e. The molecule has 4 N–H and O–H groups in total. The molecule has 0 aliphatic heterocycles. The molecule has 0 aliphatic carbocycles. The number of ether oxygens (including phenoxy) is 1. The van der Waals surface area contributed by atoms with Crippen molar-refractivity contribution in [2.45, 2.75) is 13.1 Å². The maximum atomic E-state index is 12.4. The lowest BCUT2D eigenvalue weighted by Gasteiger charge is -2.06. The third-order valence-corrected chi connectivity index (χ3v) is 4.92. The van der Waals surface area contributed by atoms with Crippen LogP contribution in [-0.2, 0) is 13.1 Å². The first-order valence-corrected chi connectivity index (χ1v) is 9.34. The van der Waals surface area contributed by atoms with Crippen LogP contribution in [0.3, 0.4) is 0 Å². The number of aromatic nitrogens is 1. The van der Waals surface area contributed by atoms with Gasteiger partial charge in [0.15, 0.2) is 5.69 Å². The Balaban J connectivity index is 1.59. The fourth-order valence-electron chi connectivity index (χ4n) is 2.49. The van der Waals surface area contributed by atoms with Crippen LogP contribution in [0.5, 0.6) is 5.75 Å². The molecule has 8 heteroatoms. The van der Waals surface area contributed by atoms with Gasteiger partial charge in [0.1, 0.15) is 10.6 Å². The van der Waals surface area contributed by atoms with E-state index in [0.717, 1.165) is 28.4 Å². The number of hydrogen-bond acceptors (Lipinski definition) is 6. The Hall–Kier alpha value is -3.39. The summed E-state index contributed by atoms with van der Waals surface area (Å²) >= 11 is 0.908. The van der Waals surface area contributed by atoms with Crippen molar-refractivity contribution in [3.63, 3.8) is 0 Å². The van der Waals surface area contributed by atoms with Gasteiger partial charge in [-0.2, -0.15) is 4.37 Å². The topological polar surface area (TPSA) is 106 Å². The highest BCUT2D eigenvalue weighted by Gasteiger charge is 2.21. The van der Waals surface area contributed by atoms with Crippen molar-refractivity contribution < 1.29 is 14.3 Å². The SMILES string of the molecule is COc1ccc(CNC(=O)c2snc(C(=O)NCc3ccccc3)c2N)cc1. The number of amides is 2. The molecule has 0 atom stereocenters. The molecular weight excluding hydrogens is 376 g/mol. The third-order valence-electron chi connectivity index (χ3n) is 4.06. The molecular formula is C20H20N4O3S. The van der Waals surface area contributed by atoms with E-state index in [2.05, 4.69) is 15.0 Å². The van der Waals surface area contributed by atoms with E-state index in [0.29, 0.717) is 13.1 Å². The summed E-state index contributed by atoms with van der Waals surface area (Å²) in [7, 11) is 1.59. The molecule has 0 spiro atoms. The molecule has 0 aliphatic rings. The van der Waals surface area contributed by atoms with Crippen LogP contribution in [0.25, 0.3) is 0 Å². The van der Waals surface area contributed by atoms with Gasteiger partial charge in [0.05, 0.1) is 12.8 Å². The Morgan fingerprint density at radius 1 is 0.964 bits per heavy atom.